The van der Waals surface area contributed by atoms with Crippen molar-refractivity contribution in [3.8, 4) is 22.3 Å². The highest BCUT2D eigenvalue weighted by atomic mass is 19.2. The fourth-order valence-corrected chi connectivity index (χ4v) is 2.39. The van der Waals surface area contributed by atoms with Gasteiger partial charge >= 0.3 is 0 Å². The predicted molar refractivity (Wildman–Crippen MR) is 75.9 cm³/mol. The van der Waals surface area contributed by atoms with E-state index in [4.69, 9.17) is 0 Å². The second-order valence-corrected chi connectivity index (χ2v) is 4.97. The van der Waals surface area contributed by atoms with Gasteiger partial charge in [-0.1, -0.05) is 0 Å². The van der Waals surface area contributed by atoms with E-state index in [9.17, 15) is 26.3 Å². The first kappa shape index (κ1) is 16.1. The Bertz CT molecular complexity index is 933. The van der Waals surface area contributed by atoms with Gasteiger partial charge in [0, 0.05) is 22.8 Å². The minimum absolute atomic E-state index is 0.359. The van der Waals surface area contributed by atoms with E-state index >= 15 is 0 Å². The van der Waals surface area contributed by atoms with Gasteiger partial charge in [-0.15, -0.1) is 0 Å². The third kappa shape index (κ3) is 2.87. The molecule has 0 spiro atoms. The Morgan fingerprint density at radius 2 is 1.25 bits per heavy atom. The third-order valence-corrected chi connectivity index (χ3v) is 3.41. The Hall–Kier alpha value is -2.76. The van der Waals surface area contributed by atoms with Crippen LogP contribution in [-0.2, 0) is 0 Å². The van der Waals surface area contributed by atoms with Gasteiger partial charge in [-0.2, -0.15) is 0 Å². The molecule has 1 radical (unpaired) electrons. The van der Waals surface area contributed by atoms with E-state index in [2.05, 4.69) is 0 Å². The Balaban J connectivity index is 2.36. The fourth-order valence-electron chi connectivity index (χ4n) is 2.39. The maximum atomic E-state index is 14.2. The van der Waals surface area contributed by atoms with Crippen LogP contribution in [0.3, 0.4) is 0 Å². The van der Waals surface area contributed by atoms with E-state index in [1.165, 1.54) is 0 Å². The zero-order valence-corrected chi connectivity index (χ0v) is 11.8. The quantitative estimate of drug-likeness (QED) is 0.530. The fraction of sp³-hybridized carbons (Fsp3) is 0. The molecular weight excluding hydrogens is 330 g/mol. The molecule has 6 heteroatoms. The van der Waals surface area contributed by atoms with Crippen LogP contribution in [-0.4, -0.2) is 0 Å². The molecule has 0 atom stereocenters. The molecule has 24 heavy (non-hydrogen) atoms. The van der Waals surface area contributed by atoms with Crippen molar-refractivity contribution < 1.29 is 26.3 Å². The number of hydrogen-bond acceptors (Lipinski definition) is 0. The SMILES string of the molecule is Fc1[c]c(F)c(-c2cc(F)ccc2F)c(-c2ccc(F)cc2F)c1. The lowest BCUT2D eigenvalue weighted by Crippen LogP contribution is -1.98. The largest absolute Gasteiger partial charge is 0.207 e. The Morgan fingerprint density at radius 3 is 1.96 bits per heavy atom. The van der Waals surface area contributed by atoms with Gasteiger partial charge in [-0.25, -0.2) is 26.3 Å². The van der Waals surface area contributed by atoms with Gasteiger partial charge in [0.15, 0.2) is 0 Å². The molecule has 0 aliphatic heterocycles. The van der Waals surface area contributed by atoms with Crippen LogP contribution in [0.15, 0.2) is 42.5 Å². The number of rotatable bonds is 2. The highest BCUT2D eigenvalue weighted by Gasteiger charge is 2.21. The smallest absolute Gasteiger partial charge is 0.142 e. The highest BCUT2D eigenvalue weighted by molar-refractivity contribution is 5.84. The molecule has 0 fully saturated rings. The first-order chi connectivity index (χ1) is 11.4. The second kappa shape index (κ2) is 6.03. The van der Waals surface area contributed by atoms with Gasteiger partial charge in [0.1, 0.15) is 34.9 Å². The summed E-state index contributed by atoms with van der Waals surface area (Å²) in [5.41, 5.74) is -1.84. The van der Waals surface area contributed by atoms with Crippen molar-refractivity contribution in [2.45, 2.75) is 0 Å². The van der Waals surface area contributed by atoms with Gasteiger partial charge in [-0.3, -0.25) is 0 Å². The molecule has 3 rings (SSSR count). The average molecular weight is 337 g/mol. The van der Waals surface area contributed by atoms with Gasteiger partial charge in [0.2, 0.25) is 0 Å². The second-order valence-electron chi connectivity index (χ2n) is 4.97. The number of halogens is 6. The van der Waals surface area contributed by atoms with Crippen molar-refractivity contribution in [3.05, 3.63) is 83.4 Å². The maximum Gasteiger partial charge on any atom is 0.142 e. The topological polar surface area (TPSA) is 0 Å². The van der Waals surface area contributed by atoms with Crippen LogP contribution in [0, 0.1) is 41.0 Å². The zero-order chi connectivity index (χ0) is 17.4. The van der Waals surface area contributed by atoms with E-state index in [0.717, 1.165) is 30.3 Å². The molecule has 0 unspecified atom stereocenters. The molecule has 0 N–H and O–H groups in total. The van der Waals surface area contributed by atoms with Crippen molar-refractivity contribution in [3.63, 3.8) is 0 Å². The molecule has 0 aliphatic carbocycles. The molecule has 121 valence electrons. The minimum Gasteiger partial charge on any atom is -0.207 e. The van der Waals surface area contributed by atoms with Crippen LogP contribution in [0.25, 0.3) is 22.3 Å². The zero-order valence-electron chi connectivity index (χ0n) is 11.8. The van der Waals surface area contributed by atoms with Crippen molar-refractivity contribution in [2.24, 2.45) is 0 Å². The van der Waals surface area contributed by atoms with Gasteiger partial charge in [-0.05, 0) is 42.0 Å². The molecule has 0 saturated carbocycles. The van der Waals surface area contributed by atoms with Crippen LogP contribution in [0.2, 0.25) is 0 Å². The summed E-state index contributed by atoms with van der Waals surface area (Å²) in [7, 11) is 0. The number of hydrogen-bond donors (Lipinski definition) is 0. The standard InChI is InChI=1S/C18H7F6/c19-9-2-4-15(22)14(5-9)18-13(6-11(21)8-17(18)24)12-3-1-10(20)7-16(12)23/h1-7H. The van der Waals surface area contributed by atoms with Crippen molar-refractivity contribution in [2.75, 3.05) is 0 Å². The number of benzene rings is 3. The molecule has 0 heterocycles. The van der Waals surface area contributed by atoms with Gasteiger partial charge in [0.05, 0.1) is 6.07 Å². The highest BCUT2D eigenvalue weighted by Crippen LogP contribution is 2.37. The van der Waals surface area contributed by atoms with E-state index in [1.807, 2.05) is 0 Å². The lowest BCUT2D eigenvalue weighted by atomic mass is 9.93. The van der Waals surface area contributed by atoms with E-state index in [-0.39, 0.29) is 11.1 Å². The van der Waals surface area contributed by atoms with Crippen LogP contribution in [0.4, 0.5) is 26.3 Å². The molecule has 0 bridgehead atoms. The molecule has 0 nitrogen and oxygen atoms in total. The molecule has 0 aliphatic rings. The Labute approximate surface area is 133 Å². The van der Waals surface area contributed by atoms with Crippen molar-refractivity contribution in [1.29, 1.82) is 0 Å². The lowest BCUT2D eigenvalue weighted by molar-refractivity contribution is 0.575. The third-order valence-electron chi connectivity index (χ3n) is 3.41. The van der Waals surface area contributed by atoms with E-state index < -0.39 is 46.0 Å². The molecule has 3 aromatic rings. The summed E-state index contributed by atoms with van der Waals surface area (Å²) in [4.78, 5) is 0. The van der Waals surface area contributed by atoms with Crippen LogP contribution in [0.5, 0.6) is 0 Å². The molecule has 0 saturated heterocycles. The molecule has 0 amide bonds. The first-order valence-electron chi connectivity index (χ1n) is 6.69. The predicted octanol–water partition coefficient (Wildman–Crippen LogP) is 5.66. The van der Waals surface area contributed by atoms with Crippen LogP contribution in [0.1, 0.15) is 0 Å². The van der Waals surface area contributed by atoms with Crippen LogP contribution >= 0.6 is 0 Å². The summed E-state index contributed by atoms with van der Waals surface area (Å²) in [5, 5.41) is 0. The summed E-state index contributed by atoms with van der Waals surface area (Å²) < 4.78 is 82.2. The summed E-state index contributed by atoms with van der Waals surface area (Å²) in [6.07, 6.45) is 0. The van der Waals surface area contributed by atoms with Crippen molar-refractivity contribution >= 4 is 0 Å². The summed E-state index contributed by atoms with van der Waals surface area (Å²) in [5.74, 6) is -6.32. The summed E-state index contributed by atoms with van der Waals surface area (Å²) in [6.45, 7) is 0. The summed E-state index contributed by atoms with van der Waals surface area (Å²) >= 11 is 0. The van der Waals surface area contributed by atoms with Gasteiger partial charge < -0.3 is 0 Å². The Kier molecular flexibility index (Phi) is 4.05. The average Bonchev–Trinajstić information content (AvgIpc) is 2.49. The van der Waals surface area contributed by atoms with E-state index in [1.54, 1.807) is 6.07 Å². The Morgan fingerprint density at radius 1 is 0.583 bits per heavy atom. The first-order valence-corrected chi connectivity index (χ1v) is 6.69. The summed E-state index contributed by atoms with van der Waals surface area (Å²) in [6, 6.07) is 7.07. The molecule has 0 aromatic heterocycles. The van der Waals surface area contributed by atoms with Gasteiger partial charge in [0.25, 0.3) is 0 Å². The monoisotopic (exact) mass is 337 g/mol. The van der Waals surface area contributed by atoms with Crippen molar-refractivity contribution in [1.82, 2.24) is 0 Å². The normalized spacial score (nSPS) is 10.9. The maximum absolute atomic E-state index is 14.2. The lowest BCUT2D eigenvalue weighted by Gasteiger charge is -2.13. The minimum atomic E-state index is -1.32. The van der Waals surface area contributed by atoms with E-state index in [0.29, 0.717) is 12.1 Å². The molecule has 3 aromatic carbocycles. The molecular formula is C18H7F6. The van der Waals surface area contributed by atoms with Crippen LogP contribution < -0.4 is 0 Å².